The van der Waals surface area contributed by atoms with E-state index in [0.717, 1.165) is 0 Å². The Morgan fingerprint density at radius 3 is 2.75 bits per heavy atom. The number of hydrogen-bond acceptors (Lipinski definition) is 4. The number of halogens is 1. The molecule has 20 heavy (non-hydrogen) atoms. The number of nitrogens with zero attached hydrogens (tertiary/aromatic N) is 1. The van der Waals surface area contributed by atoms with E-state index in [2.05, 4.69) is 5.32 Å². The molecule has 7 heteroatoms. The molecule has 1 aromatic carbocycles. The van der Waals surface area contributed by atoms with Crippen molar-refractivity contribution in [2.24, 2.45) is 5.92 Å². The number of nitrogens with one attached hydrogen (secondary N) is 1. The number of nitrogen functional groups attached to an aromatic ring is 1. The second kappa shape index (κ2) is 6.47. The number of hydrogen-bond donors (Lipinski definition) is 2. The third-order valence-electron chi connectivity index (χ3n) is 3.23. The first kappa shape index (κ1) is 16.1. The molecule has 1 fully saturated rings. The van der Waals surface area contributed by atoms with Gasteiger partial charge in [-0.05, 0) is 12.1 Å². The lowest BCUT2D eigenvalue weighted by atomic mass is 10.1. The SMILES string of the molecule is COc1ccc(N)c(NC(=O)C2CC(=O)N(C)C2)c1.Cl. The topological polar surface area (TPSA) is 84.7 Å². The van der Waals surface area contributed by atoms with Crippen LogP contribution < -0.4 is 15.8 Å². The predicted molar refractivity (Wildman–Crippen MR) is 79.0 cm³/mol. The highest BCUT2D eigenvalue weighted by Crippen LogP contribution is 2.26. The molecule has 110 valence electrons. The molecule has 1 aliphatic heterocycles. The number of rotatable bonds is 3. The number of carbonyl (C=O) groups is 2. The van der Waals surface area contributed by atoms with Crippen molar-refractivity contribution in [2.75, 3.05) is 31.8 Å². The zero-order valence-electron chi connectivity index (χ0n) is 11.4. The van der Waals surface area contributed by atoms with Crippen molar-refractivity contribution in [3.05, 3.63) is 18.2 Å². The largest absolute Gasteiger partial charge is 0.497 e. The second-order valence-corrected chi connectivity index (χ2v) is 4.62. The van der Waals surface area contributed by atoms with Crippen molar-refractivity contribution in [3.63, 3.8) is 0 Å². The molecule has 1 aliphatic rings. The van der Waals surface area contributed by atoms with E-state index in [0.29, 0.717) is 23.7 Å². The van der Waals surface area contributed by atoms with Crippen LogP contribution in [0.1, 0.15) is 6.42 Å². The lowest BCUT2D eigenvalue weighted by molar-refractivity contribution is -0.127. The van der Waals surface area contributed by atoms with Gasteiger partial charge >= 0.3 is 0 Å². The normalized spacial score (nSPS) is 17.6. The van der Waals surface area contributed by atoms with Crippen molar-refractivity contribution in [1.29, 1.82) is 0 Å². The maximum atomic E-state index is 12.1. The van der Waals surface area contributed by atoms with Gasteiger partial charge in [-0.3, -0.25) is 9.59 Å². The summed E-state index contributed by atoms with van der Waals surface area (Å²) in [6.45, 7) is 0.439. The molecule has 2 rings (SSSR count). The summed E-state index contributed by atoms with van der Waals surface area (Å²) in [6, 6.07) is 5.05. The van der Waals surface area contributed by atoms with Crippen molar-refractivity contribution in [1.82, 2.24) is 4.90 Å². The number of nitrogens with two attached hydrogens (primary N) is 1. The number of amides is 2. The van der Waals surface area contributed by atoms with Crippen molar-refractivity contribution >= 4 is 35.6 Å². The summed E-state index contributed by atoms with van der Waals surface area (Å²) in [5, 5.41) is 2.75. The summed E-state index contributed by atoms with van der Waals surface area (Å²) in [6.07, 6.45) is 0.242. The van der Waals surface area contributed by atoms with Crippen LogP contribution in [-0.4, -0.2) is 37.4 Å². The van der Waals surface area contributed by atoms with Crippen LogP contribution in [0.5, 0.6) is 5.75 Å². The van der Waals surface area contributed by atoms with Crippen LogP contribution in [0.25, 0.3) is 0 Å². The Balaban J connectivity index is 0.00000200. The lowest BCUT2D eigenvalue weighted by Crippen LogP contribution is -2.26. The molecule has 0 bridgehead atoms. The smallest absolute Gasteiger partial charge is 0.229 e. The summed E-state index contributed by atoms with van der Waals surface area (Å²) in [7, 11) is 3.23. The van der Waals surface area contributed by atoms with Gasteiger partial charge in [0.05, 0.1) is 24.4 Å². The Morgan fingerprint density at radius 1 is 1.50 bits per heavy atom. The minimum absolute atomic E-state index is 0. The zero-order chi connectivity index (χ0) is 14.0. The second-order valence-electron chi connectivity index (χ2n) is 4.62. The number of benzene rings is 1. The third-order valence-corrected chi connectivity index (χ3v) is 3.23. The Hall–Kier alpha value is -1.95. The first-order chi connectivity index (χ1) is 9.01. The molecule has 0 aliphatic carbocycles. The highest BCUT2D eigenvalue weighted by atomic mass is 35.5. The number of anilines is 2. The molecule has 1 aromatic rings. The van der Waals surface area contributed by atoms with Gasteiger partial charge < -0.3 is 20.7 Å². The zero-order valence-corrected chi connectivity index (χ0v) is 12.2. The molecule has 1 saturated heterocycles. The first-order valence-electron chi connectivity index (χ1n) is 5.99. The molecule has 1 heterocycles. The molecule has 1 atom stereocenters. The molecule has 0 aromatic heterocycles. The van der Waals surface area contributed by atoms with Gasteiger partial charge in [0, 0.05) is 26.1 Å². The van der Waals surface area contributed by atoms with E-state index >= 15 is 0 Å². The fourth-order valence-electron chi connectivity index (χ4n) is 2.04. The molecule has 1 unspecified atom stereocenters. The van der Waals surface area contributed by atoms with Gasteiger partial charge in [-0.2, -0.15) is 0 Å². The number of methoxy groups -OCH3 is 1. The highest BCUT2D eigenvalue weighted by Gasteiger charge is 2.32. The molecule has 0 radical (unpaired) electrons. The molecule has 2 amide bonds. The van der Waals surface area contributed by atoms with E-state index in [1.54, 1.807) is 37.3 Å². The van der Waals surface area contributed by atoms with Gasteiger partial charge in [0.25, 0.3) is 0 Å². The van der Waals surface area contributed by atoms with Gasteiger partial charge in [-0.1, -0.05) is 0 Å². The Labute approximate surface area is 123 Å². The standard InChI is InChI=1S/C13H17N3O3.ClH/c1-16-7-8(5-12(16)17)13(18)15-11-6-9(19-2)3-4-10(11)14;/h3-4,6,8H,5,7,14H2,1-2H3,(H,15,18);1H. The van der Waals surface area contributed by atoms with Crippen LogP contribution in [0.3, 0.4) is 0 Å². The summed E-state index contributed by atoms with van der Waals surface area (Å²) >= 11 is 0. The number of carbonyl (C=O) groups excluding carboxylic acids is 2. The van der Waals surface area contributed by atoms with Gasteiger partial charge in [-0.15, -0.1) is 12.4 Å². The van der Waals surface area contributed by atoms with E-state index in [4.69, 9.17) is 10.5 Å². The average molecular weight is 300 g/mol. The van der Waals surface area contributed by atoms with Crippen molar-refractivity contribution < 1.29 is 14.3 Å². The molecular formula is C13H18ClN3O3. The van der Waals surface area contributed by atoms with Crippen molar-refractivity contribution in [2.45, 2.75) is 6.42 Å². The van der Waals surface area contributed by atoms with E-state index < -0.39 is 0 Å². The third kappa shape index (κ3) is 3.33. The van der Waals surface area contributed by atoms with Gasteiger partial charge in [0.2, 0.25) is 11.8 Å². The minimum Gasteiger partial charge on any atom is -0.497 e. The summed E-state index contributed by atoms with van der Waals surface area (Å²) in [5.74, 6) is 0.0728. The fraction of sp³-hybridized carbons (Fsp3) is 0.385. The molecule has 6 nitrogen and oxygen atoms in total. The van der Waals surface area contributed by atoms with Gasteiger partial charge in [0.1, 0.15) is 5.75 Å². The average Bonchev–Trinajstić information content (AvgIpc) is 2.72. The fourth-order valence-corrected chi connectivity index (χ4v) is 2.04. The Morgan fingerprint density at radius 2 is 2.20 bits per heavy atom. The number of ether oxygens (including phenoxy) is 1. The number of likely N-dealkylation sites (tertiary alicyclic amines) is 1. The quantitative estimate of drug-likeness (QED) is 0.819. The van der Waals surface area contributed by atoms with Crippen LogP contribution >= 0.6 is 12.4 Å². The summed E-state index contributed by atoms with van der Waals surface area (Å²) in [5.41, 5.74) is 6.77. The highest BCUT2D eigenvalue weighted by molar-refractivity contribution is 5.99. The van der Waals surface area contributed by atoms with E-state index in [1.165, 1.54) is 0 Å². The Kier molecular flexibility index (Phi) is 5.21. The molecule has 0 spiro atoms. The van der Waals surface area contributed by atoms with Gasteiger partial charge in [-0.25, -0.2) is 0 Å². The van der Waals surface area contributed by atoms with Crippen LogP contribution in [0, 0.1) is 5.92 Å². The van der Waals surface area contributed by atoms with Crippen LogP contribution in [-0.2, 0) is 9.59 Å². The lowest BCUT2D eigenvalue weighted by Gasteiger charge is -2.13. The maximum absolute atomic E-state index is 12.1. The van der Waals surface area contributed by atoms with Crippen LogP contribution in [0.4, 0.5) is 11.4 Å². The van der Waals surface area contributed by atoms with Crippen LogP contribution in [0.2, 0.25) is 0 Å². The molecule has 0 saturated carbocycles. The van der Waals surface area contributed by atoms with Crippen LogP contribution in [0.15, 0.2) is 18.2 Å². The van der Waals surface area contributed by atoms with E-state index in [9.17, 15) is 9.59 Å². The maximum Gasteiger partial charge on any atom is 0.229 e. The first-order valence-corrected chi connectivity index (χ1v) is 5.99. The molecular weight excluding hydrogens is 282 g/mol. The van der Waals surface area contributed by atoms with E-state index in [-0.39, 0.29) is 36.6 Å². The predicted octanol–water partition coefficient (Wildman–Crippen LogP) is 1.12. The minimum atomic E-state index is -0.330. The summed E-state index contributed by atoms with van der Waals surface area (Å²) in [4.78, 5) is 25.0. The summed E-state index contributed by atoms with van der Waals surface area (Å²) < 4.78 is 5.08. The Bertz CT molecular complexity index is 522. The van der Waals surface area contributed by atoms with E-state index in [1.807, 2.05) is 0 Å². The van der Waals surface area contributed by atoms with Crippen molar-refractivity contribution in [3.8, 4) is 5.75 Å². The molecule has 3 N–H and O–H groups in total. The monoisotopic (exact) mass is 299 g/mol. The van der Waals surface area contributed by atoms with Gasteiger partial charge in [0.15, 0.2) is 0 Å².